The van der Waals surface area contributed by atoms with Crippen LogP contribution in [0.5, 0.6) is 0 Å². The number of hydrogen-bond donors (Lipinski definition) is 0. The SMILES string of the molecule is CCC1CCC2C(C)CCCC12C. The molecule has 0 aromatic rings. The highest BCUT2D eigenvalue weighted by molar-refractivity contribution is 4.98. The third-order valence-electron chi connectivity index (χ3n) is 5.16. The summed E-state index contributed by atoms with van der Waals surface area (Å²) in [6, 6.07) is 0. The van der Waals surface area contributed by atoms with Crippen LogP contribution in [0.3, 0.4) is 0 Å². The lowest BCUT2D eigenvalue weighted by Crippen LogP contribution is -2.35. The monoisotopic (exact) mass is 180 g/mol. The standard InChI is InChI=1S/C13H24/c1-4-11-7-8-12-10(2)6-5-9-13(11,12)3/h10-12H,4-9H2,1-3H3. The van der Waals surface area contributed by atoms with E-state index in [4.69, 9.17) is 0 Å². The van der Waals surface area contributed by atoms with E-state index < -0.39 is 0 Å². The molecule has 0 aromatic carbocycles. The zero-order valence-corrected chi connectivity index (χ0v) is 9.47. The summed E-state index contributed by atoms with van der Waals surface area (Å²) in [5.74, 6) is 3.11. The summed E-state index contributed by atoms with van der Waals surface area (Å²) in [7, 11) is 0. The van der Waals surface area contributed by atoms with Gasteiger partial charge in [-0.3, -0.25) is 0 Å². The molecule has 4 unspecified atom stereocenters. The minimum atomic E-state index is 0.729. The van der Waals surface area contributed by atoms with Gasteiger partial charge in [-0.05, 0) is 42.4 Å². The van der Waals surface area contributed by atoms with Gasteiger partial charge in [0.05, 0.1) is 0 Å². The van der Waals surface area contributed by atoms with Gasteiger partial charge in [0, 0.05) is 0 Å². The summed E-state index contributed by atoms with van der Waals surface area (Å²) in [4.78, 5) is 0. The van der Waals surface area contributed by atoms with Crippen LogP contribution < -0.4 is 0 Å². The van der Waals surface area contributed by atoms with E-state index in [2.05, 4.69) is 20.8 Å². The Bertz CT molecular complexity index is 184. The van der Waals surface area contributed by atoms with Gasteiger partial charge in [0.2, 0.25) is 0 Å². The van der Waals surface area contributed by atoms with Crippen molar-refractivity contribution >= 4 is 0 Å². The summed E-state index contributed by atoms with van der Waals surface area (Å²) in [5.41, 5.74) is 0.729. The Morgan fingerprint density at radius 2 is 2.00 bits per heavy atom. The lowest BCUT2D eigenvalue weighted by atomic mass is 9.61. The van der Waals surface area contributed by atoms with Crippen molar-refractivity contribution in [2.45, 2.75) is 59.3 Å². The molecule has 0 amide bonds. The maximum absolute atomic E-state index is 2.58. The molecule has 0 saturated heterocycles. The van der Waals surface area contributed by atoms with Gasteiger partial charge in [-0.2, -0.15) is 0 Å². The van der Waals surface area contributed by atoms with Crippen LogP contribution in [0.1, 0.15) is 59.3 Å². The van der Waals surface area contributed by atoms with Crippen molar-refractivity contribution in [3.05, 3.63) is 0 Å². The molecular formula is C13H24. The van der Waals surface area contributed by atoms with E-state index >= 15 is 0 Å². The lowest BCUT2D eigenvalue weighted by molar-refractivity contribution is 0.0576. The Morgan fingerprint density at radius 3 is 2.69 bits per heavy atom. The first-order valence-electron chi connectivity index (χ1n) is 6.18. The maximum Gasteiger partial charge on any atom is -0.0267 e. The molecule has 2 saturated carbocycles. The molecule has 0 spiro atoms. The molecule has 76 valence electrons. The molecule has 0 heteroatoms. The van der Waals surface area contributed by atoms with E-state index in [0.29, 0.717) is 0 Å². The van der Waals surface area contributed by atoms with Crippen LogP contribution in [0.25, 0.3) is 0 Å². The molecule has 2 fully saturated rings. The molecule has 0 aliphatic heterocycles. The van der Waals surface area contributed by atoms with Crippen LogP contribution in [-0.4, -0.2) is 0 Å². The first kappa shape index (κ1) is 9.55. The summed E-state index contributed by atoms with van der Waals surface area (Å²) in [6.07, 6.45) is 8.96. The summed E-state index contributed by atoms with van der Waals surface area (Å²) in [6.45, 7) is 7.45. The van der Waals surface area contributed by atoms with Crippen molar-refractivity contribution in [3.63, 3.8) is 0 Å². The Balaban J connectivity index is 2.18. The van der Waals surface area contributed by atoms with E-state index in [1.54, 1.807) is 0 Å². The minimum absolute atomic E-state index is 0.729. The fraction of sp³-hybridized carbons (Fsp3) is 1.00. The summed E-state index contributed by atoms with van der Waals surface area (Å²) in [5, 5.41) is 0. The molecule has 4 atom stereocenters. The molecule has 0 bridgehead atoms. The molecule has 0 radical (unpaired) electrons. The van der Waals surface area contributed by atoms with Crippen LogP contribution >= 0.6 is 0 Å². The van der Waals surface area contributed by atoms with Gasteiger partial charge in [0.1, 0.15) is 0 Å². The van der Waals surface area contributed by atoms with E-state index in [-0.39, 0.29) is 0 Å². The average molecular weight is 180 g/mol. The zero-order chi connectivity index (χ0) is 9.47. The van der Waals surface area contributed by atoms with Crippen LogP contribution in [0.15, 0.2) is 0 Å². The molecular weight excluding hydrogens is 156 g/mol. The summed E-state index contributed by atoms with van der Waals surface area (Å²) >= 11 is 0. The molecule has 2 aliphatic rings. The van der Waals surface area contributed by atoms with Crippen LogP contribution in [0.2, 0.25) is 0 Å². The van der Waals surface area contributed by atoms with E-state index in [9.17, 15) is 0 Å². The highest BCUT2D eigenvalue weighted by Crippen LogP contribution is 2.58. The molecule has 0 N–H and O–H groups in total. The quantitative estimate of drug-likeness (QED) is 0.566. The molecule has 13 heavy (non-hydrogen) atoms. The maximum atomic E-state index is 2.58. The second-order valence-electron chi connectivity index (χ2n) is 5.66. The predicted octanol–water partition coefficient (Wildman–Crippen LogP) is 4.25. The average Bonchev–Trinajstić information content (AvgIpc) is 2.43. The Kier molecular flexibility index (Phi) is 2.42. The van der Waals surface area contributed by atoms with E-state index in [1.165, 1.54) is 38.5 Å². The molecule has 0 heterocycles. The third-order valence-corrected chi connectivity index (χ3v) is 5.16. The Morgan fingerprint density at radius 1 is 1.23 bits per heavy atom. The van der Waals surface area contributed by atoms with Crippen molar-refractivity contribution in [1.82, 2.24) is 0 Å². The van der Waals surface area contributed by atoms with E-state index in [1.807, 2.05) is 0 Å². The van der Waals surface area contributed by atoms with Crippen molar-refractivity contribution in [2.24, 2.45) is 23.2 Å². The van der Waals surface area contributed by atoms with Gasteiger partial charge in [0.15, 0.2) is 0 Å². The lowest BCUT2D eigenvalue weighted by Gasteiger charge is -2.44. The number of fused-ring (bicyclic) bond motifs is 1. The smallest absolute Gasteiger partial charge is 0.0267 e. The van der Waals surface area contributed by atoms with Gasteiger partial charge in [-0.1, -0.05) is 40.0 Å². The van der Waals surface area contributed by atoms with Crippen LogP contribution in [0.4, 0.5) is 0 Å². The second-order valence-corrected chi connectivity index (χ2v) is 5.66. The fourth-order valence-corrected chi connectivity index (χ4v) is 4.34. The second kappa shape index (κ2) is 3.29. The topological polar surface area (TPSA) is 0 Å². The van der Waals surface area contributed by atoms with Gasteiger partial charge in [0.25, 0.3) is 0 Å². The summed E-state index contributed by atoms with van der Waals surface area (Å²) < 4.78 is 0. The fourth-order valence-electron chi connectivity index (χ4n) is 4.34. The normalized spacial score (nSPS) is 50.5. The first-order chi connectivity index (χ1) is 6.18. The molecule has 0 nitrogen and oxygen atoms in total. The van der Waals surface area contributed by atoms with Crippen LogP contribution in [-0.2, 0) is 0 Å². The highest BCUT2D eigenvalue weighted by atomic mass is 14.5. The first-order valence-corrected chi connectivity index (χ1v) is 6.18. The number of hydrogen-bond acceptors (Lipinski definition) is 0. The minimum Gasteiger partial charge on any atom is -0.0651 e. The predicted molar refractivity (Wildman–Crippen MR) is 57.6 cm³/mol. The van der Waals surface area contributed by atoms with Gasteiger partial charge in [-0.15, -0.1) is 0 Å². The Hall–Kier alpha value is 0. The highest BCUT2D eigenvalue weighted by Gasteiger charge is 2.48. The Labute approximate surface area is 83.1 Å². The largest absolute Gasteiger partial charge is 0.0651 e. The molecule has 0 aromatic heterocycles. The zero-order valence-electron chi connectivity index (χ0n) is 9.47. The van der Waals surface area contributed by atoms with Gasteiger partial charge in [-0.25, -0.2) is 0 Å². The van der Waals surface area contributed by atoms with Crippen molar-refractivity contribution in [1.29, 1.82) is 0 Å². The number of rotatable bonds is 1. The molecule has 2 aliphatic carbocycles. The van der Waals surface area contributed by atoms with Gasteiger partial charge >= 0.3 is 0 Å². The van der Waals surface area contributed by atoms with Crippen molar-refractivity contribution in [3.8, 4) is 0 Å². The van der Waals surface area contributed by atoms with Gasteiger partial charge < -0.3 is 0 Å². The van der Waals surface area contributed by atoms with E-state index in [0.717, 1.165) is 23.2 Å². The van der Waals surface area contributed by atoms with Crippen molar-refractivity contribution in [2.75, 3.05) is 0 Å². The molecule has 2 rings (SSSR count). The van der Waals surface area contributed by atoms with Crippen molar-refractivity contribution < 1.29 is 0 Å². The van der Waals surface area contributed by atoms with Crippen LogP contribution in [0, 0.1) is 23.2 Å². The third kappa shape index (κ3) is 1.33.